The first-order valence-corrected chi connectivity index (χ1v) is 6.41. The Morgan fingerprint density at radius 1 is 1.50 bits per heavy atom. The van der Waals surface area contributed by atoms with Crippen LogP contribution >= 0.6 is 0 Å². The van der Waals surface area contributed by atoms with Gasteiger partial charge < -0.3 is 20.8 Å². The Labute approximate surface area is 107 Å². The maximum absolute atomic E-state index is 9.99. The van der Waals surface area contributed by atoms with Crippen LogP contribution in [0.25, 0.3) is 0 Å². The highest BCUT2D eigenvalue weighted by Crippen LogP contribution is 2.19. The number of aliphatic hydroxyl groups excluding tert-OH is 2. The van der Waals surface area contributed by atoms with Crippen molar-refractivity contribution in [2.75, 3.05) is 25.4 Å². The van der Waals surface area contributed by atoms with Gasteiger partial charge in [-0.3, -0.25) is 4.68 Å². The average molecular weight is 254 g/mol. The Morgan fingerprint density at radius 3 is 2.83 bits per heavy atom. The largest absolute Gasteiger partial charge is 0.396 e. The van der Waals surface area contributed by atoms with E-state index in [-0.39, 0.29) is 6.10 Å². The van der Waals surface area contributed by atoms with Gasteiger partial charge in [0.05, 0.1) is 30.6 Å². The molecule has 2 rings (SSSR count). The van der Waals surface area contributed by atoms with Gasteiger partial charge in [-0.15, -0.1) is 0 Å². The average Bonchev–Trinajstić information content (AvgIpc) is 2.88. The van der Waals surface area contributed by atoms with E-state index in [0.29, 0.717) is 24.7 Å². The van der Waals surface area contributed by atoms with Crippen molar-refractivity contribution in [3.63, 3.8) is 0 Å². The molecular weight excluding hydrogens is 232 g/mol. The Morgan fingerprint density at radius 2 is 2.28 bits per heavy atom. The third kappa shape index (κ3) is 3.44. The zero-order valence-corrected chi connectivity index (χ0v) is 10.7. The fourth-order valence-corrected chi connectivity index (χ4v) is 2.47. The lowest BCUT2D eigenvalue weighted by atomic mass is 10.0. The number of hydrogen-bond donors (Lipinski definition) is 3. The molecule has 1 aliphatic rings. The number of hydrogen-bond acceptors (Lipinski definition) is 5. The quantitative estimate of drug-likeness (QED) is 0.661. The van der Waals surface area contributed by atoms with Gasteiger partial charge in [-0.25, -0.2) is 0 Å². The second-order valence-electron chi connectivity index (χ2n) is 5.20. The van der Waals surface area contributed by atoms with E-state index >= 15 is 0 Å². The van der Waals surface area contributed by atoms with Crippen molar-refractivity contribution >= 4 is 5.69 Å². The molecule has 0 saturated carbocycles. The van der Waals surface area contributed by atoms with Crippen molar-refractivity contribution in [1.29, 1.82) is 0 Å². The van der Waals surface area contributed by atoms with Gasteiger partial charge in [0.2, 0.25) is 0 Å². The van der Waals surface area contributed by atoms with Gasteiger partial charge in [0.15, 0.2) is 0 Å². The van der Waals surface area contributed by atoms with E-state index in [1.165, 1.54) is 0 Å². The van der Waals surface area contributed by atoms with Crippen molar-refractivity contribution in [2.24, 2.45) is 5.92 Å². The molecule has 3 atom stereocenters. The van der Waals surface area contributed by atoms with Crippen molar-refractivity contribution < 1.29 is 10.2 Å². The first-order valence-electron chi connectivity index (χ1n) is 6.41. The number of likely N-dealkylation sites (tertiary alicyclic amines) is 1. The second-order valence-corrected chi connectivity index (χ2v) is 5.20. The van der Waals surface area contributed by atoms with E-state index in [0.717, 1.165) is 19.5 Å². The lowest BCUT2D eigenvalue weighted by Crippen LogP contribution is -2.34. The predicted octanol–water partition coefficient (Wildman–Crippen LogP) is -0.471. The highest BCUT2D eigenvalue weighted by atomic mass is 16.3. The monoisotopic (exact) mass is 254 g/mol. The number of rotatable bonds is 5. The molecule has 6 heteroatoms. The summed E-state index contributed by atoms with van der Waals surface area (Å²) in [5.41, 5.74) is 6.18. The van der Waals surface area contributed by atoms with Gasteiger partial charge in [-0.1, -0.05) is 0 Å². The van der Waals surface area contributed by atoms with Crippen LogP contribution in [-0.4, -0.2) is 56.7 Å². The van der Waals surface area contributed by atoms with Gasteiger partial charge in [0.25, 0.3) is 0 Å². The lowest BCUT2D eigenvalue weighted by Gasteiger charge is -2.20. The van der Waals surface area contributed by atoms with Crippen LogP contribution in [-0.2, 0) is 6.54 Å². The van der Waals surface area contributed by atoms with E-state index in [1.807, 2.05) is 6.92 Å². The molecule has 6 nitrogen and oxygen atoms in total. The number of aromatic nitrogens is 2. The smallest absolute Gasteiger partial charge is 0.0862 e. The molecule has 1 aromatic heterocycles. The molecule has 0 radical (unpaired) electrons. The van der Waals surface area contributed by atoms with Crippen molar-refractivity contribution in [3.8, 4) is 0 Å². The van der Waals surface area contributed by atoms with Gasteiger partial charge in [-0.2, -0.15) is 5.10 Å². The lowest BCUT2D eigenvalue weighted by molar-refractivity contribution is 0.0925. The number of β-amino-alcohol motifs (C(OH)–C–C–N with tert-alkyl or cyclic N) is 1. The van der Waals surface area contributed by atoms with Crippen molar-refractivity contribution in [2.45, 2.75) is 32.1 Å². The standard InChI is InChI=1S/C12H22N4O2/c1-9(17)10-2-3-15(5-10)7-12(18)8-16-6-11(13)4-14-16/h4,6,9-10,12,17-18H,2-3,5,7-8,13H2,1H3. The number of anilines is 1. The van der Waals surface area contributed by atoms with Crippen LogP contribution in [0.5, 0.6) is 0 Å². The number of nitrogens with two attached hydrogens (primary N) is 1. The summed E-state index contributed by atoms with van der Waals surface area (Å²) in [6, 6.07) is 0. The number of nitrogen functional groups attached to an aromatic ring is 1. The molecule has 18 heavy (non-hydrogen) atoms. The minimum absolute atomic E-state index is 0.266. The molecule has 1 aliphatic heterocycles. The Kier molecular flexibility index (Phi) is 4.21. The molecule has 0 aliphatic carbocycles. The summed E-state index contributed by atoms with van der Waals surface area (Å²) >= 11 is 0. The molecule has 2 heterocycles. The minimum atomic E-state index is -0.461. The van der Waals surface area contributed by atoms with E-state index in [1.54, 1.807) is 17.1 Å². The van der Waals surface area contributed by atoms with Crippen LogP contribution in [0.2, 0.25) is 0 Å². The Bertz CT molecular complexity index is 380. The van der Waals surface area contributed by atoms with E-state index in [9.17, 15) is 10.2 Å². The Balaban J connectivity index is 1.76. The highest BCUT2D eigenvalue weighted by Gasteiger charge is 2.27. The summed E-state index contributed by atoms with van der Waals surface area (Å²) in [7, 11) is 0. The molecule has 102 valence electrons. The summed E-state index contributed by atoms with van der Waals surface area (Å²) in [5, 5.41) is 23.6. The van der Waals surface area contributed by atoms with Crippen LogP contribution in [0.3, 0.4) is 0 Å². The number of aliphatic hydroxyl groups is 2. The molecule has 0 aromatic carbocycles. The first kappa shape index (κ1) is 13.3. The van der Waals surface area contributed by atoms with E-state index < -0.39 is 6.10 Å². The SMILES string of the molecule is CC(O)C1CCN(CC(O)Cn2cc(N)cn2)C1. The molecule has 0 bridgehead atoms. The van der Waals surface area contributed by atoms with Gasteiger partial charge in [-0.05, 0) is 25.8 Å². The first-order chi connectivity index (χ1) is 8.54. The molecular formula is C12H22N4O2. The zero-order valence-electron chi connectivity index (χ0n) is 10.7. The van der Waals surface area contributed by atoms with Crippen LogP contribution in [0.4, 0.5) is 5.69 Å². The summed E-state index contributed by atoms with van der Waals surface area (Å²) in [6.07, 6.45) is 3.56. The van der Waals surface area contributed by atoms with E-state index in [4.69, 9.17) is 5.73 Å². The fourth-order valence-electron chi connectivity index (χ4n) is 2.47. The number of nitrogens with zero attached hydrogens (tertiary/aromatic N) is 3. The topological polar surface area (TPSA) is 87.5 Å². The molecule has 1 saturated heterocycles. The summed E-state index contributed by atoms with van der Waals surface area (Å²) in [5.74, 6) is 0.331. The normalized spacial score (nSPS) is 24.3. The van der Waals surface area contributed by atoms with Gasteiger partial charge in [0, 0.05) is 19.3 Å². The summed E-state index contributed by atoms with van der Waals surface area (Å²) in [6.45, 7) is 4.69. The van der Waals surface area contributed by atoms with Crippen LogP contribution < -0.4 is 5.73 Å². The molecule has 1 aromatic rings. The molecule has 0 amide bonds. The fraction of sp³-hybridized carbons (Fsp3) is 0.750. The van der Waals surface area contributed by atoms with Crippen molar-refractivity contribution in [3.05, 3.63) is 12.4 Å². The van der Waals surface area contributed by atoms with Crippen LogP contribution in [0.15, 0.2) is 12.4 Å². The van der Waals surface area contributed by atoms with Crippen LogP contribution in [0.1, 0.15) is 13.3 Å². The molecule has 0 spiro atoms. The van der Waals surface area contributed by atoms with Gasteiger partial charge in [0.1, 0.15) is 0 Å². The zero-order chi connectivity index (χ0) is 13.1. The second kappa shape index (κ2) is 5.69. The molecule has 4 N–H and O–H groups in total. The third-order valence-corrected chi connectivity index (χ3v) is 3.51. The highest BCUT2D eigenvalue weighted by molar-refractivity contribution is 5.30. The predicted molar refractivity (Wildman–Crippen MR) is 68.9 cm³/mol. The van der Waals surface area contributed by atoms with Crippen molar-refractivity contribution in [1.82, 2.24) is 14.7 Å². The third-order valence-electron chi connectivity index (χ3n) is 3.51. The minimum Gasteiger partial charge on any atom is -0.396 e. The van der Waals surface area contributed by atoms with Gasteiger partial charge >= 0.3 is 0 Å². The molecule has 1 fully saturated rings. The summed E-state index contributed by atoms with van der Waals surface area (Å²) < 4.78 is 1.65. The molecule has 3 unspecified atom stereocenters. The summed E-state index contributed by atoms with van der Waals surface area (Å²) in [4.78, 5) is 2.19. The Hall–Kier alpha value is -1.11. The maximum atomic E-state index is 9.99. The van der Waals surface area contributed by atoms with Crippen LogP contribution in [0, 0.1) is 5.92 Å². The van der Waals surface area contributed by atoms with E-state index in [2.05, 4.69) is 10.00 Å². The maximum Gasteiger partial charge on any atom is 0.0862 e.